The highest BCUT2D eigenvalue weighted by Crippen LogP contribution is 2.97. The maximum atomic E-state index is 14.0. The Bertz CT molecular complexity index is 1010. The molecule has 0 aromatic carbocycles. The summed E-state index contributed by atoms with van der Waals surface area (Å²) in [7, 11) is 0. The van der Waals surface area contributed by atoms with E-state index in [0.29, 0.717) is 22.3 Å². The molecule has 5 saturated carbocycles. The van der Waals surface area contributed by atoms with Gasteiger partial charge in [-0.25, -0.2) is 0 Å². The molecule has 7 rings (SSSR count). The fourth-order valence-electron chi connectivity index (χ4n) is 10.5. The minimum Gasteiger partial charge on any atom is -0.294 e. The van der Waals surface area contributed by atoms with Crippen LogP contribution in [0.4, 0.5) is 0 Å². The lowest BCUT2D eigenvalue weighted by molar-refractivity contribution is -0.197. The number of carbonyl (C=O) groups is 4. The van der Waals surface area contributed by atoms with Crippen LogP contribution in [0.15, 0.2) is 22.3 Å². The van der Waals surface area contributed by atoms with Crippen LogP contribution in [0.5, 0.6) is 0 Å². The third-order valence-corrected chi connectivity index (χ3v) is 11.2. The van der Waals surface area contributed by atoms with Crippen molar-refractivity contribution in [1.29, 1.82) is 0 Å². The maximum Gasteiger partial charge on any atom is 0.166 e. The summed E-state index contributed by atoms with van der Waals surface area (Å²) in [5.41, 5.74) is 0.0444. The Kier molecular flexibility index (Phi) is 2.84. The van der Waals surface area contributed by atoms with E-state index < -0.39 is 10.8 Å². The summed E-state index contributed by atoms with van der Waals surface area (Å²) in [5, 5.41) is 0. The SMILES string of the molecule is CC1=C(C)C(=O)C23C(C1=O)C(C)(C)C1C4C2C2(C(=O)C(C)=C(C)C(=O)C2C4(C)C)C13. The normalized spacial score (nSPS) is 51.5. The second kappa shape index (κ2) is 4.52. The minimum absolute atomic E-state index is 0.0870. The lowest BCUT2D eigenvalue weighted by atomic mass is 9.34. The van der Waals surface area contributed by atoms with Crippen molar-refractivity contribution in [3.8, 4) is 0 Å². The first kappa shape index (κ1) is 18.9. The van der Waals surface area contributed by atoms with Crippen LogP contribution in [0, 0.1) is 57.2 Å². The van der Waals surface area contributed by atoms with Gasteiger partial charge in [0.15, 0.2) is 23.1 Å². The lowest BCUT2D eigenvalue weighted by Crippen LogP contribution is -2.72. The van der Waals surface area contributed by atoms with Crippen LogP contribution in [-0.2, 0) is 19.2 Å². The van der Waals surface area contributed by atoms with Gasteiger partial charge in [-0.05, 0) is 84.5 Å². The van der Waals surface area contributed by atoms with Gasteiger partial charge in [0.2, 0.25) is 0 Å². The molecule has 0 heterocycles. The van der Waals surface area contributed by atoms with Gasteiger partial charge in [0.05, 0.1) is 10.8 Å². The van der Waals surface area contributed by atoms with Gasteiger partial charge < -0.3 is 0 Å². The predicted octanol–water partition coefficient (Wildman–Crippen LogP) is 3.74. The van der Waals surface area contributed by atoms with Crippen molar-refractivity contribution in [3.05, 3.63) is 22.3 Å². The molecule has 0 aromatic rings. The molecule has 0 N–H and O–H groups in total. The quantitative estimate of drug-likeness (QED) is 0.615. The van der Waals surface area contributed by atoms with E-state index in [2.05, 4.69) is 27.7 Å². The first-order valence-electron chi connectivity index (χ1n) is 11.3. The molecule has 0 amide bonds. The highest BCUT2D eigenvalue weighted by Gasteiger charge is 3.00. The Balaban J connectivity index is 1.71. The Labute approximate surface area is 177 Å². The molecule has 4 unspecified atom stereocenters. The topological polar surface area (TPSA) is 68.3 Å². The average Bonchev–Trinajstić information content (AvgIpc) is 3.28. The van der Waals surface area contributed by atoms with Crippen LogP contribution in [0.2, 0.25) is 0 Å². The first-order chi connectivity index (χ1) is 13.7. The number of Topliss-reactive ketones (excluding diaryl/α,β-unsaturated/α-hetero) is 4. The zero-order valence-electron chi connectivity index (χ0n) is 19.1. The van der Waals surface area contributed by atoms with Crippen molar-refractivity contribution in [3.63, 3.8) is 0 Å². The monoisotopic (exact) mass is 406 g/mol. The van der Waals surface area contributed by atoms with Gasteiger partial charge in [0.25, 0.3) is 0 Å². The van der Waals surface area contributed by atoms with Crippen LogP contribution in [0.3, 0.4) is 0 Å². The van der Waals surface area contributed by atoms with Crippen molar-refractivity contribution >= 4 is 23.1 Å². The molecule has 7 aliphatic rings. The number of hydrogen-bond donors (Lipinski definition) is 0. The summed E-state index contributed by atoms with van der Waals surface area (Å²) >= 11 is 0. The molecule has 30 heavy (non-hydrogen) atoms. The smallest absolute Gasteiger partial charge is 0.166 e. The summed E-state index contributed by atoms with van der Waals surface area (Å²) in [6, 6.07) is 0. The predicted molar refractivity (Wildman–Crippen MR) is 110 cm³/mol. The summed E-state index contributed by atoms with van der Waals surface area (Å²) in [6.45, 7) is 15.7. The first-order valence-corrected chi connectivity index (χ1v) is 11.3. The number of carbonyl (C=O) groups excluding carboxylic acids is 4. The summed E-state index contributed by atoms with van der Waals surface area (Å²) in [5.74, 6) is -0.501. The van der Waals surface area contributed by atoms with Crippen LogP contribution < -0.4 is 0 Å². The molecule has 158 valence electrons. The molecule has 7 aliphatic carbocycles. The number of rotatable bonds is 0. The lowest BCUT2D eigenvalue weighted by Gasteiger charge is -2.65. The molecule has 0 aromatic heterocycles. The second-order valence-electron chi connectivity index (χ2n) is 12.3. The van der Waals surface area contributed by atoms with Crippen molar-refractivity contribution in [2.75, 3.05) is 0 Å². The fraction of sp³-hybridized carbons (Fsp3) is 0.692. The van der Waals surface area contributed by atoms with Gasteiger partial charge in [0, 0.05) is 11.8 Å². The van der Waals surface area contributed by atoms with Gasteiger partial charge in [-0.15, -0.1) is 0 Å². The molecule has 4 heteroatoms. The van der Waals surface area contributed by atoms with E-state index in [9.17, 15) is 19.2 Å². The van der Waals surface area contributed by atoms with Gasteiger partial charge in [-0.3, -0.25) is 19.2 Å². The van der Waals surface area contributed by atoms with Gasteiger partial charge in [0.1, 0.15) is 0 Å². The maximum absolute atomic E-state index is 14.0. The highest BCUT2D eigenvalue weighted by atomic mass is 16.2. The summed E-state index contributed by atoms with van der Waals surface area (Å²) in [6.07, 6.45) is 0. The third kappa shape index (κ3) is 1.27. The molecule has 0 saturated heterocycles. The molecule has 4 nitrogen and oxygen atoms in total. The Hall–Kier alpha value is -1.84. The molecule has 4 atom stereocenters. The largest absolute Gasteiger partial charge is 0.294 e. The molecular formula is C26H30O4. The van der Waals surface area contributed by atoms with E-state index in [1.165, 1.54) is 0 Å². The van der Waals surface area contributed by atoms with Crippen LogP contribution >= 0.6 is 0 Å². The van der Waals surface area contributed by atoms with E-state index in [-0.39, 0.29) is 69.5 Å². The van der Waals surface area contributed by atoms with Crippen molar-refractivity contribution < 1.29 is 19.2 Å². The molecule has 0 radical (unpaired) electrons. The number of hydrogen-bond acceptors (Lipinski definition) is 4. The van der Waals surface area contributed by atoms with Crippen LogP contribution in [0.1, 0.15) is 55.4 Å². The van der Waals surface area contributed by atoms with Crippen molar-refractivity contribution in [1.82, 2.24) is 0 Å². The summed E-state index contributed by atoms with van der Waals surface area (Å²) in [4.78, 5) is 55.1. The van der Waals surface area contributed by atoms with E-state index in [1.54, 1.807) is 27.7 Å². The molecule has 5 fully saturated rings. The average molecular weight is 407 g/mol. The second-order valence-corrected chi connectivity index (χ2v) is 12.3. The zero-order valence-corrected chi connectivity index (χ0v) is 19.1. The van der Waals surface area contributed by atoms with E-state index in [4.69, 9.17) is 0 Å². The number of allylic oxidation sites excluding steroid dienone is 4. The molecule has 0 aliphatic heterocycles. The van der Waals surface area contributed by atoms with E-state index >= 15 is 0 Å². The highest BCUT2D eigenvalue weighted by molar-refractivity contribution is 6.22. The third-order valence-electron chi connectivity index (χ3n) is 11.2. The van der Waals surface area contributed by atoms with Crippen LogP contribution in [-0.4, -0.2) is 23.1 Å². The molecule has 2 spiro atoms. The molecule has 6 bridgehead atoms. The number of ketones is 4. The van der Waals surface area contributed by atoms with Gasteiger partial charge in [-0.1, -0.05) is 27.7 Å². The van der Waals surface area contributed by atoms with E-state index in [0.717, 1.165) is 0 Å². The van der Waals surface area contributed by atoms with Crippen molar-refractivity contribution in [2.24, 2.45) is 57.2 Å². The Morgan fingerprint density at radius 1 is 0.533 bits per heavy atom. The minimum atomic E-state index is -0.785. The zero-order chi connectivity index (χ0) is 22.1. The fourth-order valence-corrected chi connectivity index (χ4v) is 10.5. The summed E-state index contributed by atoms with van der Waals surface area (Å²) < 4.78 is 0. The van der Waals surface area contributed by atoms with Crippen LogP contribution in [0.25, 0.3) is 0 Å². The van der Waals surface area contributed by atoms with Crippen molar-refractivity contribution in [2.45, 2.75) is 55.4 Å². The molecular weight excluding hydrogens is 376 g/mol. The Morgan fingerprint density at radius 3 is 1.13 bits per heavy atom. The Morgan fingerprint density at radius 2 is 0.833 bits per heavy atom. The van der Waals surface area contributed by atoms with Gasteiger partial charge in [-0.2, -0.15) is 0 Å². The van der Waals surface area contributed by atoms with Gasteiger partial charge >= 0.3 is 0 Å². The standard InChI is InChI=1S/C26H30O4/c1-9-11(3)21(29)25-17-13(23(5,6)19(25)15(9)27)14-18(25)26(17)20(24(14,7)8)16(28)10(2)12(4)22(26)30/h13-14,17-20H,1-8H3. The van der Waals surface area contributed by atoms with E-state index in [1.807, 2.05) is 0 Å².